The SMILES string of the molecule is CCCNCC1CCCN1Cc1cc(F)ccc1Cl. The quantitative estimate of drug-likeness (QED) is 0.805. The standard InChI is InChI=1S/C15H22ClFN2/c1-2-7-18-10-14-4-3-8-19(14)11-12-9-13(17)5-6-15(12)16/h5-6,9,14,18H,2-4,7-8,10-11H2,1H3. The molecular weight excluding hydrogens is 263 g/mol. The Morgan fingerprint density at radius 3 is 3.11 bits per heavy atom. The highest BCUT2D eigenvalue weighted by molar-refractivity contribution is 6.31. The Labute approximate surface area is 119 Å². The van der Waals surface area contributed by atoms with E-state index in [0.29, 0.717) is 11.1 Å². The molecule has 1 aromatic carbocycles. The molecule has 1 heterocycles. The molecule has 1 aromatic rings. The first-order valence-corrected chi connectivity index (χ1v) is 7.47. The van der Waals surface area contributed by atoms with Crippen LogP contribution in [0.1, 0.15) is 31.7 Å². The summed E-state index contributed by atoms with van der Waals surface area (Å²) in [7, 11) is 0. The minimum Gasteiger partial charge on any atom is -0.315 e. The van der Waals surface area contributed by atoms with E-state index in [1.165, 1.54) is 18.9 Å². The van der Waals surface area contributed by atoms with Crippen molar-refractivity contribution in [2.75, 3.05) is 19.6 Å². The lowest BCUT2D eigenvalue weighted by molar-refractivity contribution is 0.239. The number of nitrogens with zero attached hydrogens (tertiary/aromatic N) is 1. The van der Waals surface area contributed by atoms with Crippen molar-refractivity contribution in [2.45, 2.75) is 38.8 Å². The molecule has 0 radical (unpaired) electrons. The molecule has 0 bridgehead atoms. The summed E-state index contributed by atoms with van der Waals surface area (Å²) in [5, 5.41) is 4.13. The zero-order chi connectivity index (χ0) is 13.7. The van der Waals surface area contributed by atoms with E-state index in [9.17, 15) is 4.39 Å². The maximum absolute atomic E-state index is 13.3. The van der Waals surface area contributed by atoms with Gasteiger partial charge in [-0.15, -0.1) is 0 Å². The van der Waals surface area contributed by atoms with Crippen LogP contribution in [0.2, 0.25) is 5.02 Å². The molecule has 2 rings (SSSR count). The summed E-state index contributed by atoms with van der Waals surface area (Å²) in [6, 6.07) is 5.16. The van der Waals surface area contributed by atoms with E-state index in [2.05, 4.69) is 17.1 Å². The van der Waals surface area contributed by atoms with Crippen LogP contribution in [0.15, 0.2) is 18.2 Å². The predicted molar refractivity (Wildman–Crippen MR) is 78.0 cm³/mol. The van der Waals surface area contributed by atoms with E-state index in [-0.39, 0.29) is 5.82 Å². The molecule has 1 atom stereocenters. The second-order valence-electron chi connectivity index (χ2n) is 5.21. The molecule has 1 aliphatic rings. The first-order valence-electron chi connectivity index (χ1n) is 7.09. The van der Waals surface area contributed by atoms with Gasteiger partial charge in [0.05, 0.1) is 0 Å². The highest BCUT2D eigenvalue weighted by Crippen LogP contribution is 2.24. The molecule has 0 aromatic heterocycles. The Balaban J connectivity index is 1.95. The van der Waals surface area contributed by atoms with Gasteiger partial charge in [-0.05, 0) is 56.1 Å². The van der Waals surface area contributed by atoms with Crippen LogP contribution in [0.5, 0.6) is 0 Å². The highest BCUT2D eigenvalue weighted by atomic mass is 35.5. The van der Waals surface area contributed by atoms with Crippen LogP contribution < -0.4 is 5.32 Å². The fourth-order valence-electron chi connectivity index (χ4n) is 2.66. The van der Waals surface area contributed by atoms with Crippen molar-refractivity contribution >= 4 is 11.6 Å². The average molecular weight is 285 g/mol. The first-order chi connectivity index (χ1) is 9.20. The van der Waals surface area contributed by atoms with Gasteiger partial charge in [0.25, 0.3) is 0 Å². The lowest BCUT2D eigenvalue weighted by Crippen LogP contribution is -2.37. The molecule has 1 aliphatic heterocycles. The van der Waals surface area contributed by atoms with E-state index < -0.39 is 0 Å². The van der Waals surface area contributed by atoms with Crippen molar-refractivity contribution in [3.63, 3.8) is 0 Å². The van der Waals surface area contributed by atoms with Gasteiger partial charge in [-0.1, -0.05) is 18.5 Å². The van der Waals surface area contributed by atoms with Gasteiger partial charge in [0.2, 0.25) is 0 Å². The first kappa shape index (κ1) is 14.8. The third kappa shape index (κ3) is 4.16. The Morgan fingerprint density at radius 1 is 1.47 bits per heavy atom. The summed E-state index contributed by atoms with van der Waals surface area (Å²) in [6.07, 6.45) is 3.58. The summed E-state index contributed by atoms with van der Waals surface area (Å²) in [6.45, 7) is 6.07. The van der Waals surface area contributed by atoms with E-state index in [0.717, 1.165) is 38.2 Å². The molecule has 4 heteroatoms. The second-order valence-corrected chi connectivity index (χ2v) is 5.61. The Kier molecular flexibility index (Phi) is 5.61. The summed E-state index contributed by atoms with van der Waals surface area (Å²) < 4.78 is 13.3. The zero-order valence-corrected chi connectivity index (χ0v) is 12.2. The minimum atomic E-state index is -0.209. The normalized spacial score (nSPS) is 20.1. The third-order valence-electron chi connectivity index (χ3n) is 3.69. The molecule has 19 heavy (non-hydrogen) atoms. The molecule has 1 fully saturated rings. The molecule has 0 spiro atoms. The monoisotopic (exact) mass is 284 g/mol. The third-order valence-corrected chi connectivity index (χ3v) is 4.06. The smallest absolute Gasteiger partial charge is 0.123 e. The van der Waals surface area contributed by atoms with Crippen LogP contribution in [0.25, 0.3) is 0 Å². The number of hydrogen-bond donors (Lipinski definition) is 1. The van der Waals surface area contributed by atoms with Crippen molar-refractivity contribution in [1.82, 2.24) is 10.2 Å². The largest absolute Gasteiger partial charge is 0.315 e. The molecular formula is C15H22ClFN2. The summed E-state index contributed by atoms with van der Waals surface area (Å²) >= 11 is 6.14. The van der Waals surface area contributed by atoms with Crippen LogP contribution in [0.3, 0.4) is 0 Å². The molecule has 1 unspecified atom stereocenters. The summed E-state index contributed by atoms with van der Waals surface area (Å²) in [5.74, 6) is -0.209. The topological polar surface area (TPSA) is 15.3 Å². The van der Waals surface area contributed by atoms with Gasteiger partial charge in [-0.3, -0.25) is 4.90 Å². The predicted octanol–water partition coefficient (Wildman–Crippen LogP) is 3.44. The fourth-order valence-corrected chi connectivity index (χ4v) is 2.84. The summed E-state index contributed by atoms with van der Waals surface area (Å²) in [5.41, 5.74) is 0.893. The summed E-state index contributed by atoms with van der Waals surface area (Å²) in [4.78, 5) is 2.41. The second kappa shape index (κ2) is 7.22. The van der Waals surface area contributed by atoms with Crippen LogP contribution in [0.4, 0.5) is 4.39 Å². The molecule has 106 valence electrons. The Hall–Kier alpha value is -0.640. The molecule has 0 saturated carbocycles. The number of nitrogens with one attached hydrogen (secondary N) is 1. The number of halogens is 2. The lowest BCUT2D eigenvalue weighted by Gasteiger charge is -2.25. The van der Waals surface area contributed by atoms with Crippen LogP contribution in [-0.4, -0.2) is 30.6 Å². The Morgan fingerprint density at radius 2 is 2.32 bits per heavy atom. The maximum Gasteiger partial charge on any atom is 0.123 e. The van der Waals surface area contributed by atoms with Crippen molar-refractivity contribution in [3.8, 4) is 0 Å². The number of benzene rings is 1. The Bertz CT molecular complexity index is 411. The van der Waals surface area contributed by atoms with Gasteiger partial charge in [-0.25, -0.2) is 4.39 Å². The number of rotatable bonds is 6. The van der Waals surface area contributed by atoms with E-state index in [1.54, 1.807) is 12.1 Å². The molecule has 0 amide bonds. The number of likely N-dealkylation sites (tertiary alicyclic amines) is 1. The highest BCUT2D eigenvalue weighted by Gasteiger charge is 2.24. The molecule has 0 aliphatic carbocycles. The van der Waals surface area contributed by atoms with E-state index in [1.807, 2.05) is 0 Å². The lowest BCUT2D eigenvalue weighted by atomic mass is 10.1. The number of hydrogen-bond acceptors (Lipinski definition) is 2. The van der Waals surface area contributed by atoms with Gasteiger partial charge in [-0.2, -0.15) is 0 Å². The van der Waals surface area contributed by atoms with Crippen molar-refractivity contribution in [1.29, 1.82) is 0 Å². The molecule has 1 saturated heterocycles. The van der Waals surface area contributed by atoms with Crippen molar-refractivity contribution in [3.05, 3.63) is 34.6 Å². The van der Waals surface area contributed by atoms with Crippen molar-refractivity contribution < 1.29 is 4.39 Å². The molecule has 2 nitrogen and oxygen atoms in total. The van der Waals surface area contributed by atoms with Gasteiger partial charge < -0.3 is 5.32 Å². The van der Waals surface area contributed by atoms with Crippen LogP contribution >= 0.6 is 11.6 Å². The minimum absolute atomic E-state index is 0.209. The van der Waals surface area contributed by atoms with Gasteiger partial charge >= 0.3 is 0 Å². The van der Waals surface area contributed by atoms with Gasteiger partial charge in [0, 0.05) is 24.2 Å². The van der Waals surface area contributed by atoms with Gasteiger partial charge in [0.1, 0.15) is 5.82 Å². The van der Waals surface area contributed by atoms with Crippen molar-refractivity contribution in [2.24, 2.45) is 0 Å². The maximum atomic E-state index is 13.3. The fraction of sp³-hybridized carbons (Fsp3) is 0.600. The van der Waals surface area contributed by atoms with E-state index >= 15 is 0 Å². The van der Waals surface area contributed by atoms with Crippen LogP contribution in [0, 0.1) is 5.82 Å². The average Bonchev–Trinajstić information content (AvgIpc) is 2.82. The molecule has 1 N–H and O–H groups in total. The van der Waals surface area contributed by atoms with Gasteiger partial charge in [0.15, 0.2) is 0 Å². The zero-order valence-electron chi connectivity index (χ0n) is 11.5. The van der Waals surface area contributed by atoms with E-state index in [4.69, 9.17) is 11.6 Å². The van der Waals surface area contributed by atoms with Crippen LogP contribution in [-0.2, 0) is 6.54 Å².